The minimum absolute atomic E-state index is 0.215. The molecule has 1 spiro atoms. The van der Waals surface area contributed by atoms with Gasteiger partial charge in [0.15, 0.2) is 5.79 Å². The molecule has 0 aliphatic carbocycles. The fraction of sp³-hybridized carbons (Fsp3) is 1.00. The second-order valence-corrected chi connectivity index (χ2v) is 7.16. The van der Waals surface area contributed by atoms with Crippen molar-refractivity contribution in [2.75, 3.05) is 6.61 Å². The van der Waals surface area contributed by atoms with Crippen molar-refractivity contribution in [3.63, 3.8) is 0 Å². The lowest BCUT2D eigenvalue weighted by Crippen LogP contribution is -2.66. The van der Waals surface area contributed by atoms with Crippen molar-refractivity contribution in [3.05, 3.63) is 0 Å². The van der Waals surface area contributed by atoms with Gasteiger partial charge in [-0.3, -0.25) is 0 Å². The van der Waals surface area contributed by atoms with Crippen LogP contribution < -0.4 is 0 Å². The van der Waals surface area contributed by atoms with Crippen LogP contribution in [0.4, 0.5) is 0 Å². The van der Waals surface area contributed by atoms with Gasteiger partial charge < -0.3 is 14.7 Å². The molecule has 0 saturated carbocycles. The molecule has 0 aromatic carbocycles. The molecule has 4 nitrogen and oxygen atoms in total. The van der Waals surface area contributed by atoms with Crippen molar-refractivity contribution in [2.45, 2.75) is 96.1 Å². The Labute approximate surface area is 123 Å². The molecule has 2 heterocycles. The minimum atomic E-state index is -0.505. The summed E-state index contributed by atoms with van der Waals surface area (Å²) in [5.74, 6) is -0.505. The van der Waals surface area contributed by atoms with E-state index in [1.54, 1.807) is 5.06 Å². The molecule has 2 fully saturated rings. The number of piperidine rings is 1. The van der Waals surface area contributed by atoms with Crippen LogP contribution in [0, 0.1) is 0 Å². The Morgan fingerprint density at radius 1 is 1.15 bits per heavy atom. The van der Waals surface area contributed by atoms with Crippen LogP contribution in [0.3, 0.4) is 0 Å². The quantitative estimate of drug-likeness (QED) is 0.855. The highest BCUT2D eigenvalue weighted by molar-refractivity contribution is 5.05. The second kappa shape index (κ2) is 5.56. The zero-order chi connectivity index (χ0) is 15.0. The van der Waals surface area contributed by atoms with E-state index in [9.17, 15) is 5.21 Å². The van der Waals surface area contributed by atoms with Crippen LogP contribution in [0.1, 0.15) is 73.1 Å². The normalized spacial score (nSPS) is 36.6. The molecule has 2 unspecified atom stereocenters. The molecule has 0 amide bonds. The predicted octanol–water partition coefficient (Wildman–Crippen LogP) is 3.72. The zero-order valence-corrected chi connectivity index (χ0v) is 13.7. The maximum Gasteiger partial charge on any atom is 0.172 e. The summed E-state index contributed by atoms with van der Waals surface area (Å²) >= 11 is 0. The fourth-order valence-corrected chi connectivity index (χ4v) is 4.08. The maximum atomic E-state index is 10.7. The van der Waals surface area contributed by atoms with Crippen molar-refractivity contribution < 1.29 is 14.7 Å². The van der Waals surface area contributed by atoms with E-state index in [1.165, 1.54) is 0 Å². The Bertz CT molecular complexity index is 341. The highest BCUT2D eigenvalue weighted by atomic mass is 16.7. The smallest absolute Gasteiger partial charge is 0.172 e. The molecule has 4 heteroatoms. The van der Waals surface area contributed by atoms with Gasteiger partial charge in [-0.05, 0) is 33.1 Å². The summed E-state index contributed by atoms with van der Waals surface area (Å²) < 4.78 is 12.4. The number of rotatable bonds is 4. The highest BCUT2D eigenvalue weighted by Gasteiger charge is 2.58. The van der Waals surface area contributed by atoms with E-state index in [4.69, 9.17) is 9.47 Å². The van der Waals surface area contributed by atoms with Gasteiger partial charge in [0.1, 0.15) is 0 Å². The van der Waals surface area contributed by atoms with Crippen LogP contribution in [-0.2, 0) is 9.47 Å². The number of ether oxygens (including phenoxy) is 2. The minimum Gasteiger partial charge on any atom is -0.347 e. The predicted molar refractivity (Wildman–Crippen MR) is 78.7 cm³/mol. The zero-order valence-electron chi connectivity index (χ0n) is 13.7. The van der Waals surface area contributed by atoms with E-state index in [1.807, 2.05) is 0 Å². The van der Waals surface area contributed by atoms with E-state index < -0.39 is 5.79 Å². The first-order valence-electron chi connectivity index (χ1n) is 8.14. The van der Waals surface area contributed by atoms with Gasteiger partial charge in [0, 0.05) is 18.4 Å². The molecule has 2 atom stereocenters. The highest BCUT2D eigenvalue weighted by Crippen LogP contribution is 2.50. The molecule has 1 N–H and O–H groups in total. The lowest BCUT2D eigenvalue weighted by Gasteiger charge is -2.56. The van der Waals surface area contributed by atoms with Gasteiger partial charge in [0.05, 0.1) is 18.2 Å². The Balaban J connectivity index is 2.24. The molecule has 0 aromatic heterocycles. The molecule has 0 radical (unpaired) electrons. The number of hydrogen-bond acceptors (Lipinski definition) is 4. The molecule has 20 heavy (non-hydrogen) atoms. The molecule has 2 saturated heterocycles. The van der Waals surface area contributed by atoms with Crippen LogP contribution in [0.2, 0.25) is 0 Å². The van der Waals surface area contributed by atoms with E-state index in [0.29, 0.717) is 6.61 Å². The van der Waals surface area contributed by atoms with E-state index in [0.717, 1.165) is 38.5 Å². The maximum absolute atomic E-state index is 10.7. The van der Waals surface area contributed by atoms with Gasteiger partial charge in [-0.2, -0.15) is 5.06 Å². The van der Waals surface area contributed by atoms with E-state index in [2.05, 4.69) is 34.6 Å². The van der Waals surface area contributed by atoms with Crippen LogP contribution in [0.5, 0.6) is 0 Å². The third-order valence-electron chi connectivity index (χ3n) is 5.16. The van der Waals surface area contributed by atoms with Crippen molar-refractivity contribution in [3.8, 4) is 0 Å². The number of hydroxylamine groups is 2. The summed E-state index contributed by atoms with van der Waals surface area (Å²) in [5.41, 5.74) is -0.575. The Hall–Kier alpha value is -0.160. The van der Waals surface area contributed by atoms with Crippen LogP contribution >= 0.6 is 0 Å². The topological polar surface area (TPSA) is 41.9 Å². The molecule has 0 aromatic rings. The van der Waals surface area contributed by atoms with E-state index >= 15 is 0 Å². The molecular formula is C16H31NO3. The first kappa shape index (κ1) is 16.2. The Morgan fingerprint density at radius 2 is 1.80 bits per heavy atom. The summed E-state index contributed by atoms with van der Waals surface area (Å²) in [6, 6.07) is 0. The van der Waals surface area contributed by atoms with Gasteiger partial charge in [0.2, 0.25) is 0 Å². The van der Waals surface area contributed by atoms with Gasteiger partial charge in [-0.15, -0.1) is 0 Å². The average molecular weight is 285 g/mol. The third-order valence-corrected chi connectivity index (χ3v) is 5.16. The first-order chi connectivity index (χ1) is 9.33. The lowest BCUT2D eigenvalue weighted by molar-refractivity contribution is -0.326. The van der Waals surface area contributed by atoms with Crippen molar-refractivity contribution in [1.29, 1.82) is 0 Å². The molecule has 118 valence electrons. The van der Waals surface area contributed by atoms with Crippen molar-refractivity contribution in [1.82, 2.24) is 5.06 Å². The molecule has 2 aliphatic rings. The molecular weight excluding hydrogens is 254 g/mol. The second-order valence-electron chi connectivity index (χ2n) is 7.16. The Morgan fingerprint density at radius 3 is 2.35 bits per heavy atom. The molecule has 2 rings (SSSR count). The van der Waals surface area contributed by atoms with Crippen molar-refractivity contribution >= 4 is 0 Å². The van der Waals surface area contributed by atoms with Gasteiger partial charge in [0.25, 0.3) is 0 Å². The number of hydrogen-bond donors (Lipinski definition) is 1. The number of nitrogens with zero attached hydrogens (tertiary/aromatic N) is 1. The average Bonchev–Trinajstić information content (AvgIpc) is 2.77. The monoisotopic (exact) mass is 285 g/mol. The Kier molecular flexibility index (Phi) is 4.51. The first-order valence-corrected chi connectivity index (χ1v) is 8.14. The van der Waals surface area contributed by atoms with Gasteiger partial charge in [-0.1, -0.05) is 27.2 Å². The summed E-state index contributed by atoms with van der Waals surface area (Å²) in [5, 5.41) is 12.3. The fourth-order valence-electron chi connectivity index (χ4n) is 4.08. The standard InChI is InChI=1S/C16H31NO3/c1-6-9-13-10-19-16(20-13)11-14(4,5)17(18)15(7-2,8-3)12-16/h13,18H,6-12H2,1-5H3. The van der Waals surface area contributed by atoms with Crippen LogP contribution in [-0.4, -0.2) is 39.8 Å². The van der Waals surface area contributed by atoms with Crippen LogP contribution in [0.25, 0.3) is 0 Å². The summed E-state index contributed by atoms with van der Waals surface area (Å²) in [6.07, 6.45) is 5.66. The molecule has 0 bridgehead atoms. The summed E-state index contributed by atoms with van der Waals surface area (Å²) in [6.45, 7) is 11.3. The van der Waals surface area contributed by atoms with Gasteiger partial charge in [-0.25, -0.2) is 0 Å². The third kappa shape index (κ3) is 2.63. The SMILES string of the molecule is CCCC1COC2(CC(C)(C)N(O)C(CC)(CC)C2)O1. The lowest BCUT2D eigenvalue weighted by atomic mass is 9.73. The van der Waals surface area contributed by atoms with Crippen LogP contribution in [0.15, 0.2) is 0 Å². The van der Waals surface area contributed by atoms with Gasteiger partial charge >= 0.3 is 0 Å². The molecule has 2 aliphatic heterocycles. The summed E-state index contributed by atoms with van der Waals surface area (Å²) in [7, 11) is 0. The summed E-state index contributed by atoms with van der Waals surface area (Å²) in [4.78, 5) is 0. The van der Waals surface area contributed by atoms with Crippen molar-refractivity contribution in [2.24, 2.45) is 0 Å². The largest absolute Gasteiger partial charge is 0.347 e. The van der Waals surface area contributed by atoms with E-state index in [-0.39, 0.29) is 17.2 Å².